The maximum Gasteiger partial charge on any atom is 0.223 e. The summed E-state index contributed by atoms with van der Waals surface area (Å²) >= 11 is 6.34. The number of nitrogens with one attached hydrogen (secondary N) is 1. The number of hydrogen-bond donors (Lipinski definition) is 2. The van der Waals surface area contributed by atoms with E-state index in [1.807, 2.05) is 20.0 Å². The molecule has 2 aromatic rings. The standard InChI is InChI=1S/C18H23ClN6O2/c1-9-12(6-22-10(2)15(9)27-4)8-25-7-11(5-13(26)21-3)14-16(19)23-18(20)24-17(14)25/h6,11H,5,7-8H2,1-4H3,(H,21,26)(H2,20,23,24)/t11-/m0/s1. The van der Waals surface area contributed by atoms with E-state index in [2.05, 4.69) is 25.2 Å². The van der Waals surface area contributed by atoms with Crippen molar-refractivity contribution in [2.45, 2.75) is 32.7 Å². The molecule has 8 nitrogen and oxygen atoms in total. The summed E-state index contributed by atoms with van der Waals surface area (Å²) in [7, 11) is 3.25. The van der Waals surface area contributed by atoms with Crippen LogP contribution in [-0.4, -0.2) is 41.6 Å². The third-order valence-electron chi connectivity index (χ3n) is 4.89. The zero-order chi connectivity index (χ0) is 19.7. The molecule has 27 heavy (non-hydrogen) atoms. The number of rotatable bonds is 5. The van der Waals surface area contributed by atoms with E-state index in [9.17, 15) is 4.79 Å². The first-order valence-electron chi connectivity index (χ1n) is 8.63. The van der Waals surface area contributed by atoms with Gasteiger partial charge in [-0.15, -0.1) is 0 Å². The van der Waals surface area contributed by atoms with Crippen LogP contribution >= 0.6 is 11.6 Å². The Morgan fingerprint density at radius 1 is 1.44 bits per heavy atom. The van der Waals surface area contributed by atoms with Crippen molar-refractivity contribution < 1.29 is 9.53 Å². The van der Waals surface area contributed by atoms with E-state index >= 15 is 0 Å². The predicted octanol–water partition coefficient (Wildman–Crippen LogP) is 1.97. The number of aryl methyl sites for hydroxylation is 1. The Hall–Kier alpha value is -2.61. The van der Waals surface area contributed by atoms with Crippen molar-refractivity contribution in [1.29, 1.82) is 0 Å². The first-order chi connectivity index (χ1) is 12.8. The molecule has 1 atom stereocenters. The molecule has 3 N–H and O–H groups in total. The van der Waals surface area contributed by atoms with Crippen LogP contribution in [-0.2, 0) is 11.3 Å². The summed E-state index contributed by atoms with van der Waals surface area (Å²) in [5.41, 5.74) is 9.45. The SMILES string of the molecule is CNC(=O)C[C@H]1CN(Cc2cnc(C)c(OC)c2C)c2nc(N)nc(Cl)c21. The van der Waals surface area contributed by atoms with Gasteiger partial charge in [-0.25, -0.2) is 4.98 Å². The second-order valence-electron chi connectivity index (χ2n) is 6.59. The fraction of sp³-hybridized carbons (Fsp3) is 0.444. The van der Waals surface area contributed by atoms with E-state index in [4.69, 9.17) is 22.1 Å². The number of nitrogens with two attached hydrogens (primary N) is 1. The summed E-state index contributed by atoms with van der Waals surface area (Å²) < 4.78 is 5.48. The van der Waals surface area contributed by atoms with Crippen LogP contribution in [0.25, 0.3) is 0 Å². The molecule has 9 heteroatoms. The molecule has 0 fully saturated rings. The quantitative estimate of drug-likeness (QED) is 0.751. The Bertz CT molecular complexity index is 889. The Balaban J connectivity index is 1.97. The molecule has 2 aromatic heterocycles. The van der Waals surface area contributed by atoms with E-state index in [1.54, 1.807) is 14.2 Å². The molecule has 0 unspecified atom stereocenters. The number of methoxy groups -OCH3 is 1. The lowest BCUT2D eigenvalue weighted by molar-refractivity contribution is -0.120. The van der Waals surface area contributed by atoms with E-state index in [0.717, 1.165) is 28.1 Å². The first-order valence-corrected chi connectivity index (χ1v) is 9.01. The normalized spacial score (nSPS) is 15.6. The number of hydrogen-bond acceptors (Lipinski definition) is 7. The number of fused-ring (bicyclic) bond motifs is 1. The van der Waals surface area contributed by atoms with Crippen molar-refractivity contribution >= 4 is 29.3 Å². The van der Waals surface area contributed by atoms with E-state index in [-0.39, 0.29) is 17.8 Å². The van der Waals surface area contributed by atoms with Crippen molar-refractivity contribution in [3.8, 4) is 5.75 Å². The van der Waals surface area contributed by atoms with Gasteiger partial charge in [-0.1, -0.05) is 11.6 Å². The smallest absolute Gasteiger partial charge is 0.223 e. The molecule has 3 heterocycles. The van der Waals surface area contributed by atoms with Crippen LogP contribution in [0.4, 0.5) is 11.8 Å². The van der Waals surface area contributed by atoms with Gasteiger partial charge in [-0.3, -0.25) is 9.78 Å². The van der Waals surface area contributed by atoms with E-state index in [0.29, 0.717) is 30.5 Å². The van der Waals surface area contributed by atoms with Gasteiger partial charge in [0.05, 0.1) is 12.8 Å². The van der Waals surface area contributed by atoms with Crippen molar-refractivity contribution in [2.75, 3.05) is 31.3 Å². The molecule has 0 bridgehead atoms. The van der Waals surface area contributed by atoms with E-state index < -0.39 is 0 Å². The number of anilines is 2. The molecular formula is C18H23ClN6O2. The molecule has 0 aliphatic carbocycles. The van der Waals surface area contributed by atoms with Gasteiger partial charge in [0.2, 0.25) is 11.9 Å². The molecule has 0 aromatic carbocycles. The van der Waals surface area contributed by atoms with E-state index in [1.165, 1.54) is 0 Å². The van der Waals surface area contributed by atoms with Crippen molar-refractivity contribution in [1.82, 2.24) is 20.3 Å². The minimum atomic E-state index is -0.103. The Morgan fingerprint density at radius 3 is 2.85 bits per heavy atom. The van der Waals surface area contributed by atoms with Gasteiger partial charge in [0.1, 0.15) is 16.7 Å². The number of carbonyl (C=O) groups excluding carboxylic acids is 1. The molecule has 0 saturated heterocycles. The summed E-state index contributed by atoms with van der Waals surface area (Å²) in [5.74, 6) is 1.39. The van der Waals surface area contributed by atoms with Gasteiger partial charge >= 0.3 is 0 Å². The lowest BCUT2D eigenvalue weighted by Crippen LogP contribution is -2.26. The fourth-order valence-corrected chi connectivity index (χ4v) is 3.85. The fourth-order valence-electron chi connectivity index (χ4n) is 3.53. The molecule has 1 aliphatic heterocycles. The zero-order valence-corrected chi connectivity index (χ0v) is 16.6. The number of carbonyl (C=O) groups is 1. The van der Waals surface area contributed by atoms with Gasteiger partial charge in [0, 0.05) is 44.2 Å². The molecule has 1 aliphatic rings. The van der Waals surface area contributed by atoms with Gasteiger partial charge in [-0.2, -0.15) is 4.98 Å². The van der Waals surface area contributed by atoms with Crippen LogP contribution in [0.5, 0.6) is 5.75 Å². The van der Waals surface area contributed by atoms with Crippen molar-refractivity contribution in [2.24, 2.45) is 0 Å². The third kappa shape index (κ3) is 3.62. The summed E-state index contributed by atoms with van der Waals surface area (Å²) in [6, 6.07) is 0. The lowest BCUT2D eigenvalue weighted by Gasteiger charge is -2.21. The maximum atomic E-state index is 11.9. The molecule has 0 spiro atoms. The Kier molecular flexibility index (Phi) is 5.36. The summed E-state index contributed by atoms with van der Waals surface area (Å²) in [4.78, 5) is 26.9. The minimum absolute atomic E-state index is 0.0597. The van der Waals surface area contributed by atoms with Crippen LogP contribution in [0.1, 0.15) is 34.7 Å². The second-order valence-corrected chi connectivity index (χ2v) is 6.95. The Morgan fingerprint density at radius 2 is 2.19 bits per heavy atom. The maximum absolute atomic E-state index is 11.9. The average Bonchev–Trinajstić information content (AvgIpc) is 2.95. The van der Waals surface area contributed by atoms with Crippen LogP contribution < -0.4 is 20.7 Å². The highest BCUT2D eigenvalue weighted by Gasteiger charge is 2.35. The zero-order valence-electron chi connectivity index (χ0n) is 15.8. The van der Waals surface area contributed by atoms with Crippen LogP contribution in [0.2, 0.25) is 5.15 Å². The highest BCUT2D eigenvalue weighted by Crippen LogP contribution is 2.42. The number of nitrogen functional groups attached to an aromatic ring is 1. The monoisotopic (exact) mass is 390 g/mol. The average molecular weight is 391 g/mol. The third-order valence-corrected chi connectivity index (χ3v) is 5.17. The summed E-state index contributed by atoms with van der Waals surface area (Å²) in [6.07, 6.45) is 2.15. The number of pyridine rings is 1. The predicted molar refractivity (Wildman–Crippen MR) is 104 cm³/mol. The second kappa shape index (κ2) is 7.56. The molecule has 0 saturated carbocycles. The van der Waals surface area contributed by atoms with Gasteiger partial charge in [0.25, 0.3) is 0 Å². The molecular weight excluding hydrogens is 368 g/mol. The molecule has 3 rings (SSSR count). The highest BCUT2D eigenvalue weighted by atomic mass is 35.5. The van der Waals surface area contributed by atoms with Crippen LogP contribution in [0.15, 0.2) is 6.20 Å². The number of halogens is 1. The van der Waals surface area contributed by atoms with Gasteiger partial charge < -0.3 is 20.7 Å². The van der Waals surface area contributed by atoms with Gasteiger partial charge in [-0.05, 0) is 25.0 Å². The van der Waals surface area contributed by atoms with Crippen molar-refractivity contribution in [3.63, 3.8) is 0 Å². The van der Waals surface area contributed by atoms with Crippen molar-refractivity contribution in [3.05, 3.63) is 33.7 Å². The molecule has 0 radical (unpaired) electrons. The summed E-state index contributed by atoms with van der Waals surface area (Å²) in [5, 5.41) is 2.95. The minimum Gasteiger partial charge on any atom is -0.495 e. The number of nitrogens with zero attached hydrogens (tertiary/aromatic N) is 4. The highest BCUT2D eigenvalue weighted by molar-refractivity contribution is 6.30. The van der Waals surface area contributed by atoms with Crippen LogP contribution in [0.3, 0.4) is 0 Å². The van der Waals surface area contributed by atoms with Gasteiger partial charge in [0.15, 0.2) is 0 Å². The number of amides is 1. The Labute approximate surface area is 163 Å². The van der Waals surface area contributed by atoms with Crippen LogP contribution in [0, 0.1) is 13.8 Å². The summed E-state index contributed by atoms with van der Waals surface area (Å²) in [6.45, 7) is 5.06. The lowest BCUT2D eigenvalue weighted by atomic mass is 10.0. The molecule has 144 valence electrons. The number of aromatic nitrogens is 3. The molecule has 1 amide bonds. The first kappa shape index (κ1) is 19.2. The topological polar surface area (TPSA) is 106 Å². The largest absolute Gasteiger partial charge is 0.495 e. The number of ether oxygens (including phenoxy) is 1.